The van der Waals surface area contributed by atoms with Gasteiger partial charge in [0.2, 0.25) is 5.91 Å². The van der Waals surface area contributed by atoms with Gasteiger partial charge in [-0.15, -0.1) is 0 Å². The maximum absolute atomic E-state index is 12.5. The summed E-state index contributed by atoms with van der Waals surface area (Å²) in [5.74, 6) is 0.615. The first-order valence-electron chi connectivity index (χ1n) is 6.18. The summed E-state index contributed by atoms with van der Waals surface area (Å²) in [6.07, 6.45) is 3.38. The Hall–Kier alpha value is -1.50. The molecule has 1 N–H and O–H groups in total. The molecule has 1 aliphatic heterocycles. The molecule has 0 aromatic carbocycles. The molecular weight excluding hydrogens is 266 g/mol. The second kappa shape index (κ2) is 6.10. The molecule has 1 saturated heterocycles. The van der Waals surface area contributed by atoms with Crippen molar-refractivity contribution in [1.82, 2.24) is 14.7 Å². The maximum atomic E-state index is 12.5. The van der Waals surface area contributed by atoms with Crippen LogP contribution in [0.1, 0.15) is 19.4 Å². The molecule has 1 aromatic heterocycles. The zero-order valence-corrected chi connectivity index (χ0v) is 11.5. The summed E-state index contributed by atoms with van der Waals surface area (Å²) in [7, 11) is 0. The van der Waals surface area contributed by atoms with Gasteiger partial charge in [0.05, 0.1) is 12.5 Å². The monoisotopic (exact) mass is 283 g/mol. The molecule has 2 heterocycles. The molecule has 19 heavy (non-hydrogen) atoms. The summed E-state index contributed by atoms with van der Waals surface area (Å²) < 4.78 is 1.60. The molecule has 104 valence electrons. The van der Waals surface area contributed by atoms with Gasteiger partial charge in [0.25, 0.3) is 0 Å². The molecule has 0 saturated carbocycles. The standard InChI is InChI=1S/C12H17N3O3S/c1-9(15-4-2-3-13-15)12(18)14-5-6-19-8-10(14)7-11(16)17/h2-4,9-10H,5-8H2,1H3,(H,16,17). The molecular formula is C12H17N3O3S. The average Bonchev–Trinajstić information content (AvgIpc) is 2.91. The number of amides is 1. The van der Waals surface area contributed by atoms with Gasteiger partial charge in [0.15, 0.2) is 0 Å². The minimum atomic E-state index is -0.864. The minimum Gasteiger partial charge on any atom is -0.481 e. The fourth-order valence-electron chi connectivity index (χ4n) is 2.18. The van der Waals surface area contributed by atoms with Crippen molar-refractivity contribution >= 4 is 23.6 Å². The molecule has 0 bridgehead atoms. The Morgan fingerprint density at radius 2 is 2.37 bits per heavy atom. The van der Waals surface area contributed by atoms with E-state index in [0.29, 0.717) is 12.3 Å². The highest BCUT2D eigenvalue weighted by Gasteiger charge is 2.31. The quantitative estimate of drug-likeness (QED) is 0.887. The largest absolute Gasteiger partial charge is 0.481 e. The van der Waals surface area contributed by atoms with Crippen molar-refractivity contribution in [3.05, 3.63) is 18.5 Å². The molecule has 0 aliphatic carbocycles. The zero-order chi connectivity index (χ0) is 13.8. The molecule has 0 spiro atoms. The second-order valence-electron chi connectivity index (χ2n) is 4.52. The average molecular weight is 283 g/mol. The number of carboxylic acids is 1. The lowest BCUT2D eigenvalue weighted by molar-refractivity contribution is -0.141. The number of carbonyl (C=O) groups excluding carboxylic acids is 1. The van der Waals surface area contributed by atoms with Crippen molar-refractivity contribution < 1.29 is 14.7 Å². The number of aliphatic carboxylic acids is 1. The predicted octanol–water partition coefficient (Wildman–Crippen LogP) is 0.863. The van der Waals surface area contributed by atoms with Gasteiger partial charge in [0, 0.05) is 30.4 Å². The molecule has 7 heteroatoms. The van der Waals surface area contributed by atoms with Crippen molar-refractivity contribution in [3.63, 3.8) is 0 Å². The van der Waals surface area contributed by atoms with Gasteiger partial charge in [-0.3, -0.25) is 14.3 Å². The van der Waals surface area contributed by atoms with Crippen LogP contribution >= 0.6 is 11.8 Å². The molecule has 1 amide bonds. The van der Waals surface area contributed by atoms with Crippen LogP contribution < -0.4 is 0 Å². The van der Waals surface area contributed by atoms with E-state index in [1.165, 1.54) is 0 Å². The van der Waals surface area contributed by atoms with Gasteiger partial charge in [-0.05, 0) is 13.0 Å². The number of aromatic nitrogens is 2. The van der Waals surface area contributed by atoms with E-state index in [0.717, 1.165) is 5.75 Å². The Kier molecular flexibility index (Phi) is 4.47. The molecule has 1 fully saturated rings. The number of nitrogens with zero attached hydrogens (tertiary/aromatic N) is 3. The first kappa shape index (κ1) is 13.9. The number of hydrogen-bond acceptors (Lipinski definition) is 4. The molecule has 0 radical (unpaired) electrons. The molecule has 1 aliphatic rings. The predicted molar refractivity (Wildman–Crippen MR) is 72.0 cm³/mol. The van der Waals surface area contributed by atoms with Crippen LogP contribution in [0.5, 0.6) is 0 Å². The first-order chi connectivity index (χ1) is 9.09. The van der Waals surface area contributed by atoms with E-state index in [2.05, 4.69) is 5.10 Å². The van der Waals surface area contributed by atoms with Crippen molar-refractivity contribution in [3.8, 4) is 0 Å². The maximum Gasteiger partial charge on any atom is 0.305 e. The minimum absolute atomic E-state index is 0.00453. The number of hydrogen-bond donors (Lipinski definition) is 1. The van der Waals surface area contributed by atoms with E-state index < -0.39 is 12.0 Å². The Morgan fingerprint density at radius 3 is 3.00 bits per heavy atom. The number of thioether (sulfide) groups is 1. The lowest BCUT2D eigenvalue weighted by Crippen LogP contribution is -2.49. The fraction of sp³-hybridized carbons (Fsp3) is 0.583. The molecule has 2 rings (SSSR count). The Balaban J connectivity index is 2.08. The fourth-order valence-corrected chi connectivity index (χ4v) is 3.24. The summed E-state index contributed by atoms with van der Waals surface area (Å²) in [5, 5.41) is 13.0. The first-order valence-corrected chi connectivity index (χ1v) is 7.34. The molecule has 2 atom stereocenters. The summed E-state index contributed by atoms with van der Waals surface area (Å²) in [4.78, 5) is 25.0. The van der Waals surface area contributed by atoms with E-state index in [-0.39, 0.29) is 18.4 Å². The normalized spacial score (nSPS) is 21.1. The third kappa shape index (κ3) is 3.28. The van der Waals surface area contributed by atoms with Crippen LogP contribution in [-0.4, -0.2) is 55.8 Å². The lowest BCUT2D eigenvalue weighted by atomic mass is 10.1. The Bertz CT molecular complexity index is 449. The Morgan fingerprint density at radius 1 is 1.58 bits per heavy atom. The number of carboxylic acid groups (broad SMARTS) is 1. The third-order valence-corrected chi connectivity index (χ3v) is 4.29. The van der Waals surface area contributed by atoms with E-state index in [9.17, 15) is 9.59 Å². The Labute approximate surface area is 115 Å². The van der Waals surface area contributed by atoms with Crippen molar-refractivity contribution in [2.75, 3.05) is 18.1 Å². The van der Waals surface area contributed by atoms with Gasteiger partial charge in [-0.1, -0.05) is 0 Å². The third-order valence-electron chi connectivity index (χ3n) is 3.20. The van der Waals surface area contributed by atoms with Crippen LogP contribution in [0.3, 0.4) is 0 Å². The van der Waals surface area contributed by atoms with Gasteiger partial charge < -0.3 is 10.0 Å². The van der Waals surface area contributed by atoms with Gasteiger partial charge >= 0.3 is 5.97 Å². The van der Waals surface area contributed by atoms with Gasteiger partial charge in [-0.25, -0.2) is 0 Å². The van der Waals surface area contributed by atoms with Gasteiger partial charge in [-0.2, -0.15) is 16.9 Å². The smallest absolute Gasteiger partial charge is 0.305 e. The van der Waals surface area contributed by atoms with Crippen LogP contribution in [0, 0.1) is 0 Å². The van der Waals surface area contributed by atoms with Crippen LogP contribution in [0.4, 0.5) is 0 Å². The second-order valence-corrected chi connectivity index (χ2v) is 5.67. The van der Waals surface area contributed by atoms with Crippen molar-refractivity contribution in [2.24, 2.45) is 0 Å². The summed E-state index contributed by atoms with van der Waals surface area (Å²) in [6, 6.07) is 1.15. The van der Waals surface area contributed by atoms with E-state index in [1.54, 1.807) is 46.7 Å². The SMILES string of the molecule is CC(C(=O)N1CCSCC1CC(=O)O)n1cccn1. The number of carbonyl (C=O) groups is 2. The van der Waals surface area contributed by atoms with Crippen molar-refractivity contribution in [1.29, 1.82) is 0 Å². The molecule has 2 unspecified atom stereocenters. The van der Waals surface area contributed by atoms with Crippen LogP contribution in [0.2, 0.25) is 0 Å². The van der Waals surface area contributed by atoms with E-state index in [1.807, 2.05) is 0 Å². The number of rotatable bonds is 4. The zero-order valence-electron chi connectivity index (χ0n) is 10.7. The highest BCUT2D eigenvalue weighted by molar-refractivity contribution is 7.99. The van der Waals surface area contributed by atoms with Gasteiger partial charge in [0.1, 0.15) is 6.04 Å². The van der Waals surface area contributed by atoms with E-state index in [4.69, 9.17) is 5.11 Å². The topological polar surface area (TPSA) is 75.4 Å². The summed E-state index contributed by atoms with van der Waals surface area (Å²) in [6.45, 7) is 2.39. The van der Waals surface area contributed by atoms with E-state index >= 15 is 0 Å². The summed E-state index contributed by atoms with van der Waals surface area (Å²) >= 11 is 1.70. The summed E-state index contributed by atoms with van der Waals surface area (Å²) in [5.41, 5.74) is 0. The van der Waals surface area contributed by atoms with Crippen LogP contribution in [-0.2, 0) is 9.59 Å². The molecule has 6 nitrogen and oxygen atoms in total. The molecule has 1 aromatic rings. The lowest BCUT2D eigenvalue weighted by Gasteiger charge is -2.36. The highest BCUT2D eigenvalue weighted by atomic mass is 32.2. The van der Waals surface area contributed by atoms with Crippen LogP contribution in [0.15, 0.2) is 18.5 Å². The highest BCUT2D eigenvalue weighted by Crippen LogP contribution is 2.22. The van der Waals surface area contributed by atoms with Crippen molar-refractivity contribution in [2.45, 2.75) is 25.4 Å². The van der Waals surface area contributed by atoms with Crippen LogP contribution in [0.25, 0.3) is 0 Å².